The molecule has 3 rings (SSSR count). The number of carboxylic acids is 1. The van der Waals surface area contributed by atoms with Crippen LogP contribution in [0.1, 0.15) is 49.3 Å². The Hall–Kier alpha value is -3.15. The average molecular weight is 478 g/mol. The van der Waals surface area contributed by atoms with Crippen molar-refractivity contribution in [3.63, 3.8) is 0 Å². The fraction of sp³-hybridized carbons (Fsp3) is 0.367. The molecule has 0 saturated carbocycles. The number of aliphatic hydroxyl groups is 1. The molecule has 3 aromatic carbocycles. The summed E-state index contributed by atoms with van der Waals surface area (Å²) in [4.78, 5) is 13.8. The number of aliphatic hydroxyl groups excluding tert-OH is 1. The monoisotopic (exact) mass is 477 g/mol. The normalized spacial score (nSPS) is 11.6. The minimum atomic E-state index is -0.822. The lowest BCUT2D eigenvalue weighted by atomic mass is 9.92. The van der Waals surface area contributed by atoms with Gasteiger partial charge in [0.05, 0.1) is 7.11 Å². The van der Waals surface area contributed by atoms with Gasteiger partial charge in [-0.25, -0.2) is 0 Å². The van der Waals surface area contributed by atoms with Gasteiger partial charge >= 0.3 is 5.97 Å². The van der Waals surface area contributed by atoms with Gasteiger partial charge in [0, 0.05) is 12.6 Å². The number of ether oxygens (including phenoxy) is 1. The highest BCUT2D eigenvalue weighted by atomic mass is 16.5. The van der Waals surface area contributed by atoms with Gasteiger partial charge in [-0.2, -0.15) is 0 Å². The molecular formula is C30H39NO4. The van der Waals surface area contributed by atoms with E-state index in [4.69, 9.17) is 9.84 Å². The van der Waals surface area contributed by atoms with E-state index in [0.717, 1.165) is 49.2 Å². The first-order valence-corrected chi connectivity index (χ1v) is 12.3. The summed E-state index contributed by atoms with van der Waals surface area (Å²) in [7, 11) is 1.69. The van der Waals surface area contributed by atoms with E-state index in [9.17, 15) is 9.90 Å². The molecule has 188 valence electrons. The van der Waals surface area contributed by atoms with Crippen molar-refractivity contribution in [2.45, 2.75) is 45.1 Å². The summed E-state index contributed by atoms with van der Waals surface area (Å²) in [6.45, 7) is 6.89. The summed E-state index contributed by atoms with van der Waals surface area (Å²) in [5.41, 5.74) is 2.95. The Bertz CT molecular complexity index is 921. The van der Waals surface area contributed by atoms with Gasteiger partial charge < -0.3 is 19.8 Å². The molecule has 0 bridgehead atoms. The van der Waals surface area contributed by atoms with Crippen LogP contribution in [-0.4, -0.2) is 53.9 Å². The molecule has 2 N–H and O–H groups in total. The smallest absolute Gasteiger partial charge is 0.315 e. The van der Waals surface area contributed by atoms with Crippen molar-refractivity contribution in [2.75, 3.05) is 26.8 Å². The lowest BCUT2D eigenvalue weighted by molar-refractivity contribution is -0.137. The van der Waals surface area contributed by atoms with Crippen LogP contribution >= 0.6 is 0 Å². The fourth-order valence-electron chi connectivity index (χ4n) is 4.12. The molecule has 35 heavy (non-hydrogen) atoms. The molecule has 1 unspecified atom stereocenters. The van der Waals surface area contributed by atoms with E-state index in [2.05, 4.69) is 30.9 Å². The van der Waals surface area contributed by atoms with Crippen LogP contribution in [0.4, 0.5) is 0 Å². The lowest BCUT2D eigenvalue weighted by Gasteiger charge is -2.28. The van der Waals surface area contributed by atoms with Crippen LogP contribution in [0, 0.1) is 0 Å². The standard InChI is InChI=1S/C16H27NO2.C14H12O2/c1-4-17(11-5-6-12-18)14(2)13-15-7-9-16(19-3)10-8-15;15-14(16)13(11-7-3-1-4-8-11)12-9-5-2-6-10-12/h7-10,14,18H,4-6,11-13H2,1-3H3;1-10,13H,(H,15,16). The molecule has 0 radical (unpaired) electrons. The third-order valence-corrected chi connectivity index (χ3v) is 6.09. The van der Waals surface area contributed by atoms with Crippen LogP contribution < -0.4 is 4.74 Å². The predicted octanol–water partition coefficient (Wildman–Crippen LogP) is 5.62. The summed E-state index contributed by atoms with van der Waals surface area (Å²) in [5, 5.41) is 18.1. The lowest BCUT2D eigenvalue weighted by Crippen LogP contribution is -2.35. The van der Waals surface area contributed by atoms with Gasteiger partial charge in [-0.05, 0) is 68.1 Å². The zero-order valence-corrected chi connectivity index (χ0v) is 21.1. The van der Waals surface area contributed by atoms with Gasteiger partial charge in [-0.15, -0.1) is 0 Å². The number of rotatable bonds is 12. The van der Waals surface area contributed by atoms with Crippen LogP contribution in [0.5, 0.6) is 5.75 Å². The van der Waals surface area contributed by atoms with Gasteiger partial charge in [-0.3, -0.25) is 4.79 Å². The maximum atomic E-state index is 11.3. The van der Waals surface area contributed by atoms with Crippen LogP contribution in [0.3, 0.4) is 0 Å². The van der Waals surface area contributed by atoms with Crippen molar-refractivity contribution in [3.05, 3.63) is 102 Å². The topological polar surface area (TPSA) is 70.0 Å². The molecule has 0 saturated heterocycles. The van der Waals surface area contributed by atoms with E-state index in [1.165, 1.54) is 5.56 Å². The van der Waals surface area contributed by atoms with Crippen LogP contribution in [-0.2, 0) is 11.2 Å². The Morgan fingerprint density at radius 2 is 1.43 bits per heavy atom. The van der Waals surface area contributed by atoms with Crippen molar-refractivity contribution < 1.29 is 19.7 Å². The van der Waals surface area contributed by atoms with Crippen molar-refractivity contribution >= 4 is 5.97 Å². The molecule has 0 aliphatic carbocycles. The number of benzene rings is 3. The summed E-state index contributed by atoms with van der Waals surface area (Å²) < 4.78 is 5.17. The number of aliphatic carboxylic acids is 1. The van der Waals surface area contributed by atoms with E-state index in [1.54, 1.807) is 7.11 Å². The molecule has 0 fully saturated rings. The molecule has 5 heteroatoms. The third kappa shape index (κ3) is 9.55. The predicted molar refractivity (Wildman–Crippen MR) is 142 cm³/mol. The van der Waals surface area contributed by atoms with Crippen molar-refractivity contribution in [1.82, 2.24) is 4.90 Å². The van der Waals surface area contributed by atoms with Gasteiger partial charge in [0.25, 0.3) is 0 Å². The summed E-state index contributed by atoms with van der Waals surface area (Å²) in [6, 6.07) is 27.4. The van der Waals surface area contributed by atoms with Crippen LogP contribution in [0.2, 0.25) is 0 Å². The van der Waals surface area contributed by atoms with Crippen molar-refractivity contribution in [2.24, 2.45) is 0 Å². The second-order valence-corrected chi connectivity index (χ2v) is 8.55. The van der Waals surface area contributed by atoms with Gasteiger partial charge in [0.1, 0.15) is 11.7 Å². The minimum Gasteiger partial charge on any atom is -0.497 e. The van der Waals surface area contributed by atoms with Crippen LogP contribution in [0.25, 0.3) is 0 Å². The summed E-state index contributed by atoms with van der Waals surface area (Å²) in [5.74, 6) is -0.494. The van der Waals surface area contributed by atoms with Crippen LogP contribution in [0.15, 0.2) is 84.9 Å². The Balaban J connectivity index is 0.000000250. The Labute approximate surface area is 210 Å². The van der Waals surface area contributed by atoms with Crippen molar-refractivity contribution in [3.8, 4) is 5.75 Å². The average Bonchev–Trinajstić information content (AvgIpc) is 2.88. The summed E-state index contributed by atoms with van der Waals surface area (Å²) >= 11 is 0. The largest absolute Gasteiger partial charge is 0.497 e. The zero-order valence-electron chi connectivity index (χ0n) is 21.1. The first kappa shape index (κ1) is 28.1. The van der Waals surface area contributed by atoms with Gasteiger partial charge in [-0.1, -0.05) is 79.7 Å². The number of carbonyl (C=O) groups is 1. The molecule has 0 aliphatic heterocycles. The van der Waals surface area contributed by atoms with Crippen molar-refractivity contribution in [1.29, 1.82) is 0 Å². The molecule has 1 atom stereocenters. The fourth-order valence-corrected chi connectivity index (χ4v) is 4.12. The molecule has 3 aromatic rings. The third-order valence-electron chi connectivity index (χ3n) is 6.09. The number of hydrogen-bond donors (Lipinski definition) is 2. The Morgan fingerprint density at radius 1 is 0.886 bits per heavy atom. The maximum absolute atomic E-state index is 11.3. The minimum absolute atomic E-state index is 0.296. The molecule has 0 aliphatic rings. The van der Waals surface area contributed by atoms with E-state index in [0.29, 0.717) is 12.6 Å². The highest BCUT2D eigenvalue weighted by Crippen LogP contribution is 2.24. The quantitative estimate of drug-likeness (QED) is 0.331. The highest BCUT2D eigenvalue weighted by molar-refractivity contribution is 5.80. The molecule has 0 heterocycles. The van der Waals surface area contributed by atoms with E-state index in [1.807, 2.05) is 72.8 Å². The first-order valence-electron chi connectivity index (χ1n) is 12.3. The van der Waals surface area contributed by atoms with E-state index >= 15 is 0 Å². The Kier molecular flexibility index (Phi) is 12.6. The highest BCUT2D eigenvalue weighted by Gasteiger charge is 2.21. The summed E-state index contributed by atoms with van der Waals surface area (Å²) in [6.07, 6.45) is 3.01. The zero-order chi connectivity index (χ0) is 25.5. The number of likely N-dealkylation sites (N-methyl/N-ethyl adjacent to an activating group) is 1. The number of unbranched alkanes of at least 4 members (excludes halogenated alkanes) is 1. The van der Waals surface area contributed by atoms with E-state index < -0.39 is 11.9 Å². The molecule has 5 nitrogen and oxygen atoms in total. The maximum Gasteiger partial charge on any atom is 0.315 e. The van der Waals surface area contributed by atoms with Gasteiger partial charge in [0.2, 0.25) is 0 Å². The molecule has 0 aromatic heterocycles. The number of hydrogen-bond acceptors (Lipinski definition) is 4. The molecule has 0 amide bonds. The first-order chi connectivity index (χ1) is 17.0. The molecule has 0 spiro atoms. The number of nitrogens with zero attached hydrogens (tertiary/aromatic N) is 1. The number of methoxy groups -OCH3 is 1. The van der Waals surface area contributed by atoms with E-state index in [-0.39, 0.29) is 0 Å². The number of carboxylic acid groups (broad SMARTS) is 1. The second kappa shape index (κ2) is 15.7. The Morgan fingerprint density at radius 3 is 1.86 bits per heavy atom. The second-order valence-electron chi connectivity index (χ2n) is 8.55. The SMILES string of the molecule is CCN(CCCCO)C(C)Cc1ccc(OC)cc1.O=C(O)C(c1ccccc1)c1ccccc1. The molecular weight excluding hydrogens is 438 g/mol. The van der Waals surface area contributed by atoms with Gasteiger partial charge in [0.15, 0.2) is 0 Å².